The molecule has 2 rings (SSSR count). The van der Waals surface area contributed by atoms with Crippen LogP contribution in [0.1, 0.15) is 15.9 Å². The smallest absolute Gasteiger partial charge is 0.339 e. The van der Waals surface area contributed by atoms with Crippen LogP contribution in [0.3, 0.4) is 0 Å². The van der Waals surface area contributed by atoms with Crippen molar-refractivity contribution >= 4 is 16.1 Å². The second-order valence-corrected chi connectivity index (χ2v) is 6.23. The van der Waals surface area contributed by atoms with E-state index in [0.29, 0.717) is 0 Å². The van der Waals surface area contributed by atoms with Crippen molar-refractivity contribution in [2.24, 2.45) is 0 Å². The normalized spacial score (nSPS) is 11.0. The van der Waals surface area contributed by atoms with Crippen LogP contribution in [0.15, 0.2) is 41.3 Å². The average molecular weight is 338 g/mol. The van der Waals surface area contributed by atoms with Gasteiger partial charge in [0.2, 0.25) is 5.75 Å². The second-order valence-electron chi connectivity index (χ2n) is 4.68. The molecular formula is C15H14O7S. The third kappa shape index (κ3) is 3.54. The summed E-state index contributed by atoms with van der Waals surface area (Å²) in [5, 5.41) is 19.3. The van der Waals surface area contributed by atoms with E-state index in [1.807, 2.05) is 0 Å². The van der Waals surface area contributed by atoms with Crippen molar-refractivity contribution in [1.82, 2.24) is 0 Å². The number of aromatic hydroxyl groups is 2. The molecule has 0 saturated heterocycles. The number of phenolic OH excluding ortho intramolecular Hbond substituents is 2. The summed E-state index contributed by atoms with van der Waals surface area (Å²) in [5.74, 6) is -2.90. The van der Waals surface area contributed by atoms with Gasteiger partial charge in [-0.3, -0.25) is 0 Å². The third-order valence-electron chi connectivity index (χ3n) is 2.99. The van der Waals surface area contributed by atoms with Crippen LogP contribution in [0.4, 0.5) is 0 Å². The molecule has 2 aromatic rings. The quantitative estimate of drug-likeness (QED) is 0.498. The minimum atomic E-state index is -4.24. The van der Waals surface area contributed by atoms with Crippen LogP contribution in [0.5, 0.6) is 17.2 Å². The second kappa shape index (κ2) is 6.17. The van der Waals surface area contributed by atoms with Gasteiger partial charge in [-0.1, -0.05) is 17.7 Å². The van der Waals surface area contributed by atoms with Crippen LogP contribution in [0.2, 0.25) is 0 Å². The molecule has 0 spiro atoms. The van der Waals surface area contributed by atoms with E-state index in [-0.39, 0.29) is 10.5 Å². The fraction of sp³-hybridized carbons (Fsp3) is 0.133. The summed E-state index contributed by atoms with van der Waals surface area (Å²) in [6.07, 6.45) is 0. The Bertz CT molecular complexity index is 839. The van der Waals surface area contributed by atoms with E-state index in [0.717, 1.165) is 24.8 Å². The first-order valence-corrected chi connectivity index (χ1v) is 7.81. The number of ether oxygens (including phenoxy) is 1. The molecule has 0 bridgehead atoms. The monoisotopic (exact) mass is 338 g/mol. The molecule has 0 unspecified atom stereocenters. The topological polar surface area (TPSA) is 110 Å². The SMILES string of the molecule is COC(=O)c1cc(O)c(O)c(OS(=O)(=O)c2ccc(C)cc2)c1. The van der Waals surface area contributed by atoms with Gasteiger partial charge in [-0.25, -0.2) is 4.79 Å². The lowest BCUT2D eigenvalue weighted by atomic mass is 10.2. The lowest BCUT2D eigenvalue weighted by Crippen LogP contribution is -2.11. The van der Waals surface area contributed by atoms with Gasteiger partial charge in [0, 0.05) is 6.07 Å². The van der Waals surface area contributed by atoms with E-state index in [1.54, 1.807) is 19.1 Å². The number of aryl methyl sites for hydroxylation is 1. The Kier molecular flexibility index (Phi) is 4.46. The molecule has 0 amide bonds. The lowest BCUT2D eigenvalue weighted by molar-refractivity contribution is 0.0600. The number of hydrogen-bond acceptors (Lipinski definition) is 7. The van der Waals surface area contributed by atoms with Crippen molar-refractivity contribution in [3.63, 3.8) is 0 Å². The Morgan fingerprint density at radius 3 is 2.26 bits per heavy atom. The number of carbonyl (C=O) groups excluding carboxylic acids is 1. The van der Waals surface area contributed by atoms with E-state index < -0.39 is 33.3 Å². The average Bonchev–Trinajstić information content (AvgIpc) is 2.51. The van der Waals surface area contributed by atoms with Crippen LogP contribution in [0.25, 0.3) is 0 Å². The van der Waals surface area contributed by atoms with E-state index in [9.17, 15) is 23.4 Å². The standard InChI is InChI=1S/C15H14O7S/c1-9-3-5-11(6-4-9)23(19,20)22-13-8-10(15(18)21-2)7-12(16)14(13)17/h3-8,16-17H,1-2H3. The fourth-order valence-electron chi connectivity index (χ4n) is 1.76. The highest BCUT2D eigenvalue weighted by Gasteiger charge is 2.22. The van der Waals surface area contributed by atoms with E-state index >= 15 is 0 Å². The summed E-state index contributed by atoms with van der Waals surface area (Å²) in [7, 11) is -3.12. The minimum Gasteiger partial charge on any atom is -0.504 e. The minimum absolute atomic E-state index is 0.134. The highest BCUT2D eigenvalue weighted by Crippen LogP contribution is 2.38. The predicted octanol–water partition coefficient (Wildman–Crippen LogP) is 1.96. The zero-order chi connectivity index (χ0) is 17.2. The molecule has 0 aromatic heterocycles. The van der Waals surface area contributed by atoms with Crippen LogP contribution in [-0.4, -0.2) is 31.7 Å². The van der Waals surface area contributed by atoms with Crippen molar-refractivity contribution in [3.05, 3.63) is 47.5 Å². The van der Waals surface area contributed by atoms with E-state index in [1.165, 1.54) is 12.1 Å². The van der Waals surface area contributed by atoms with Crippen molar-refractivity contribution in [1.29, 1.82) is 0 Å². The molecule has 122 valence electrons. The van der Waals surface area contributed by atoms with Gasteiger partial charge in [0.25, 0.3) is 0 Å². The number of phenols is 2. The molecular weight excluding hydrogens is 324 g/mol. The number of methoxy groups -OCH3 is 1. The van der Waals surface area contributed by atoms with Crippen molar-refractivity contribution in [2.75, 3.05) is 7.11 Å². The molecule has 0 heterocycles. The summed E-state index contributed by atoms with van der Waals surface area (Å²) in [5.41, 5.74) is 0.689. The first-order chi connectivity index (χ1) is 10.7. The van der Waals surface area contributed by atoms with Gasteiger partial charge in [0.15, 0.2) is 11.5 Å². The van der Waals surface area contributed by atoms with Gasteiger partial charge >= 0.3 is 16.1 Å². The van der Waals surface area contributed by atoms with Crippen LogP contribution in [-0.2, 0) is 14.9 Å². The summed E-state index contributed by atoms with van der Waals surface area (Å²) in [4.78, 5) is 11.3. The maximum atomic E-state index is 12.2. The van der Waals surface area contributed by atoms with Crippen molar-refractivity contribution in [3.8, 4) is 17.2 Å². The maximum Gasteiger partial charge on any atom is 0.339 e. The molecule has 0 saturated carbocycles. The van der Waals surface area contributed by atoms with E-state index in [4.69, 9.17) is 4.18 Å². The number of esters is 1. The molecule has 23 heavy (non-hydrogen) atoms. The van der Waals surface area contributed by atoms with Crippen LogP contribution < -0.4 is 4.18 Å². The molecule has 0 atom stereocenters. The molecule has 8 heteroatoms. The van der Waals surface area contributed by atoms with E-state index in [2.05, 4.69) is 4.74 Å². The summed E-state index contributed by atoms with van der Waals surface area (Å²) in [6, 6.07) is 7.74. The Balaban J connectivity index is 2.44. The Labute approximate surface area is 132 Å². The van der Waals surface area contributed by atoms with Crippen molar-refractivity contribution < 1.29 is 32.3 Å². The van der Waals surface area contributed by atoms with Gasteiger partial charge in [0.05, 0.1) is 12.7 Å². The fourth-order valence-corrected chi connectivity index (χ4v) is 2.69. The van der Waals surface area contributed by atoms with Gasteiger partial charge in [-0.15, -0.1) is 0 Å². The first kappa shape index (κ1) is 16.6. The molecule has 0 aliphatic heterocycles. The zero-order valence-electron chi connectivity index (χ0n) is 12.3. The maximum absolute atomic E-state index is 12.2. The van der Waals surface area contributed by atoms with Gasteiger partial charge in [0.1, 0.15) is 4.90 Å². The third-order valence-corrected chi connectivity index (χ3v) is 4.23. The Morgan fingerprint density at radius 1 is 1.09 bits per heavy atom. The largest absolute Gasteiger partial charge is 0.504 e. The molecule has 2 N–H and O–H groups in total. The summed E-state index contributed by atoms with van der Waals surface area (Å²) in [6.45, 7) is 1.79. The number of carbonyl (C=O) groups is 1. The Hall–Kier alpha value is -2.74. The summed E-state index contributed by atoms with van der Waals surface area (Å²) < 4.78 is 33.7. The Morgan fingerprint density at radius 2 is 1.70 bits per heavy atom. The molecule has 7 nitrogen and oxygen atoms in total. The molecule has 0 radical (unpaired) electrons. The van der Waals surface area contributed by atoms with Gasteiger partial charge < -0.3 is 19.1 Å². The number of hydrogen-bond donors (Lipinski definition) is 2. The lowest BCUT2D eigenvalue weighted by Gasteiger charge is -2.11. The number of rotatable bonds is 4. The molecule has 0 aliphatic rings. The van der Waals surface area contributed by atoms with Gasteiger partial charge in [-0.2, -0.15) is 8.42 Å². The van der Waals surface area contributed by atoms with Crippen LogP contribution in [0, 0.1) is 6.92 Å². The highest BCUT2D eigenvalue weighted by atomic mass is 32.2. The molecule has 0 aliphatic carbocycles. The molecule has 0 fully saturated rings. The highest BCUT2D eigenvalue weighted by molar-refractivity contribution is 7.87. The molecule has 2 aromatic carbocycles. The predicted molar refractivity (Wildman–Crippen MR) is 80.1 cm³/mol. The summed E-state index contributed by atoms with van der Waals surface area (Å²) >= 11 is 0. The number of benzene rings is 2. The first-order valence-electron chi connectivity index (χ1n) is 6.40. The van der Waals surface area contributed by atoms with Gasteiger partial charge in [-0.05, 0) is 25.1 Å². The van der Waals surface area contributed by atoms with Crippen LogP contribution >= 0.6 is 0 Å². The zero-order valence-corrected chi connectivity index (χ0v) is 13.1. The van der Waals surface area contributed by atoms with Crippen molar-refractivity contribution in [2.45, 2.75) is 11.8 Å².